The number of nitrogens with zero attached hydrogens (tertiary/aromatic N) is 4. The first-order chi connectivity index (χ1) is 17.7. The number of nitrogens with one attached hydrogen (secondary N) is 3. The maximum Gasteiger partial charge on any atom is 0.254 e. The fourth-order valence-electron chi connectivity index (χ4n) is 3.14. The Labute approximate surface area is 216 Å². The van der Waals surface area contributed by atoms with Gasteiger partial charge in [0.25, 0.3) is 5.91 Å². The Hall–Kier alpha value is -4.56. The molecular formula is C25H22ClF2N7O2. The van der Waals surface area contributed by atoms with Crippen molar-refractivity contribution in [3.63, 3.8) is 0 Å². The molecular weight excluding hydrogens is 504 g/mol. The van der Waals surface area contributed by atoms with Gasteiger partial charge in [-0.1, -0.05) is 18.2 Å². The molecule has 0 aliphatic rings. The van der Waals surface area contributed by atoms with Crippen molar-refractivity contribution < 1.29 is 18.4 Å². The summed E-state index contributed by atoms with van der Waals surface area (Å²) < 4.78 is 28.2. The smallest absolute Gasteiger partial charge is 0.254 e. The van der Waals surface area contributed by atoms with Gasteiger partial charge in [-0.25, -0.2) is 13.8 Å². The van der Waals surface area contributed by atoms with E-state index in [1.165, 1.54) is 43.6 Å². The van der Waals surface area contributed by atoms with Gasteiger partial charge in [-0.2, -0.15) is 10.2 Å². The Balaban J connectivity index is 1.56. The summed E-state index contributed by atoms with van der Waals surface area (Å²) in [7, 11) is 1.43. The van der Waals surface area contributed by atoms with Crippen molar-refractivity contribution in [2.24, 2.45) is 0 Å². The van der Waals surface area contributed by atoms with E-state index in [4.69, 9.17) is 16.9 Å². The maximum absolute atomic E-state index is 14.2. The molecule has 3 N–H and O–H groups in total. The lowest BCUT2D eigenvalue weighted by molar-refractivity contribution is -0.113. The Bertz CT molecular complexity index is 1380. The number of amides is 2. The molecule has 0 atom stereocenters. The maximum atomic E-state index is 14.2. The Kier molecular flexibility index (Phi) is 9.07. The van der Waals surface area contributed by atoms with Gasteiger partial charge in [0.15, 0.2) is 0 Å². The van der Waals surface area contributed by atoms with Gasteiger partial charge in [-0.05, 0) is 48.9 Å². The van der Waals surface area contributed by atoms with E-state index < -0.39 is 23.4 Å². The van der Waals surface area contributed by atoms with Gasteiger partial charge in [0, 0.05) is 25.8 Å². The van der Waals surface area contributed by atoms with Crippen molar-refractivity contribution in [2.45, 2.75) is 6.42 Å². The third-order valence-corrected chi connectivity index (χ3v) is 5.36. The fourth-order valence-corrected chi connectivity index (χ4v) is 3.30. The number of rotatable bonds is 10. The highest BCUT2D eigenvalue weighted by atomic mass is 35.5. The molecule has 12 heteroatoms. The molecule has 0 spiro atoms. The van der Waals surface area contributed by atoms with Gasteiger partial charge in [0.05, 0.1) is 29.1 Å². The highest BCUT2D eigenvalue weighted by Crippen LogP contribution is 2.26. The number of hydrogen-bond donors (Lipinski definition) is 3. The molecule has 1 heterocycles. The van der Waals surface area contributed by atoms with E-state index in [1.807, 2.05) is 6.07 Å². The minimum atomic E-state index is -0.769. The quantitative estimate of drug-likeness (QED) is 0.265. The second-order valence-electron chi connectivity index (χ2n) is 7.63. The van der Waals surface area contributed by atoms with Crippen molar-refractivity contribution in [1.82, 2.24) is 15.3 Å². The van der Waals surface area contributed by atoms with E-state index >= 15 is 0 Å². The van der Waals surface area contributed by atoms with Gasteiger partial charge in [0.2, 0.25) is 11.9 Å². The van der Waals surface area contributed by atoms with Crippen LogP contribution in [0.15, 0.2) is 55.3 Å². The Morgan fingerprint density at radius 3 is 2.68 bits per heavy atom. The number of anilines is 4. The normalized spacial score (nSPS) is 10.2. The van der Waals surface area contributed by atoms with E-state index in [-0.39, 0.29) is 34.3 Å². The molecule has 3 rings (SSSR count). The van der Waals surface area contributed by atoms with Gasteiger partial charge >= 0.3 is 0 Å². The summed E-state index contributed by atoms with van der Waals surface area (Å²) in [5.41, 5.74) is 0.464. The molecule has 0 fully saturated rings. The highest BCUT2D eigenvalue weighted by Gasteiger charge is 2.14. The minimum Gasteiger partial charge on any atom is -0.369 e. The van der Waals surface area contributed by atoms with Crippen LogP contribution < -0.4 is 20.9 Å². The number of halogens is 3. The zero-order chi connectivity index (χ0) is 26.9. The zero-order valence-electron chi connectivity index (χ0n) is 19.7. The lowest BCUT2D eigenvalue weighted by Gasteiger charge is -2.17. The number of carbonyl (C=O) groups excluding carboxylic acids is 2. The summed E-state index contributed by atoms with van der Waals surface area (Å²) in [5, 5.41) is 17.6. The number of carbonyl (C=O) groups is 2. The average molecular weight is 526 g/mol. The van der Waals surface area contributed by atoms with E-state index in [2.05, 4.69) is 32.5 Å². The Morgan fingerprint density at radius 1 is 1.19 bits per heavy atom. The fraction of sp³-hybridized carbons (Fsp3) is 0.160. The topological polar surface area (TPSA) is 123 Å². The van der Waals surface area contributed by atoms with Crippen LogP contribution in [0, 0.1) is 23.0 Å². The molecule has 190 valence electrons. The third kappa shape index (κ3) is 6.99. The molecule has 3 aromatic rings. The second-order valence-corrected chi connectivity index (χ2v) is 8.03. The van der Waals surface area contributed by atoms with Crippen molar-refractivity contribution >= 4 is 46.6 Å². The van der Waals surface area contributed by atoms with Gasteiger partial charge in [-0.3, -0.25) is 9.59 Å². The van der Waals surface area contributed by atoms with E-state index in [1.54, 1.807) is 0 Å². The number of hydrogen-bond acceptors (Lipinski definition) is 7. The van der Waals surface area contributed by atoms with Gasteiger partial charge in [-0.15, -0.1) is 0 Å². The lowest BCUT2D eigenvalue weighted by atomic mass is 10.1. The van der Waals surface area contributed by atoms with Crippen molar-refractivity contribution in [3.8, 4) is 6.07 Å². The molecule has 2 aromatic carbocycles. The van der Waals surface area contributed by atoms with Gasteiger partial charge < -0.3 is 20.9 Å². The van der Waals surface area contributed by atoms with Crippen LogP contribution in [0.5, 0.6) is 0 Å². The standard InChI is InChI=1S/C25H22ClF2N7O2/c1-3-22(36)35(2)21-12-16(6-8-19(21)27)33-25-32-14-18(26)23(34-25)30-9-4-10-31-24(37)17-7-5-15(13-29)11-20(17)28/h3,5-8,11-12,14H,1,4,9-10H2,2H3,(H,31,37)(H2,30,32,33,34). The van der Waals surface area contributed by atoms with Crippen LogP contribution in [0.4, 0.5) is 31.9 Å². The van der Waals surface area contributed by atoms with Crippen molar-refractivity contribution in [3.05, 3.63) is 83.0 Å². The summed E-state index contributed by atoms with van der Waals surface area (Å²) in [6, 6.07) is 9.55. The first-order valence-corrected chi connectivity index (χ1v) is 11.3. The summed E-state index contributed by atoms with van der Waals surface area (Å²) in [5.74, 6) is -1.92. The van der Waals surface area contributed by atoms with Crippen LogP contribution >= 0.6 is 11.6 Å². The van der Waals surface area contributed by atoms with Crippen LogP contribution in [0.25, 0.3) is 0 Å². The van der Waals surface area contributed by atoms with Gasteiger partial charge in [0.1, 0.15) is 22.5 Å². The molecule has 0 aliphatic heterocycles. The average Bonchev–Trinajstić information content (AvgIpc) is 2.90. The predicted molar refractivity (Wildman–Crippen MR) is 137 cm³/mol. The van der Waals surface area contributed by atoms with Crippen LogP contribution in [-0.2, 0) is 4.79 Å². The molecule has 0 bridgehead atoms. The lowest BCUT2D eigenvalue weighted by Crippen LogP contribution is -2.26. The molecule has 37 heavy (non-hydrogen) atoms. The summed E-state index contributed by atoms with van der Waals surface area (Å²) in [6.07, 6.45) is 2.93. The molecule has 9 nitrogen and oxygen atoms in total. The number of aromatic nitrogens is 2. The zero-order valence-corrected chi connectivity index (χ0v) is 20.4. The number of nitriles is 1. The summed E-state index contributed by atoms with van der Waals surface area (Å²) >= 11 is 6.17. The molecule has 0 saturated carbocycles. The monoisotopic (exact) mass is 525 g/mol. The SMILES string of the molecule is C=CC(=O)N(C)c1cc(Nc2ncc(Cl)c(NCCCNC(=O)c3ccc(C#N)cc3F)n2)ccc1F. The largest absolute Gasteiger partial charge is 0.369 e. The minimum absolute atomic E-state index is 0.0464. The van der Waals surface area contributed by atoms with Crippen LogP contribution in [-0.4, -0.2) is 41.9 Å². The van der Waals surface area contributed by atoms with E-state index in [9.17, 15) is 18.4 Å². The summed E-state index contributed by atoms with van der Waals surface area (Å²) in [6.45, 7) is 4.02. The first kappa shape index (κ1) is 27.0. The first-order valence-electron chi connectivity index (χ1n) is 10.9. The van der Waals surface area contributed by atoms with Crippen LogP contribution in [0.3, 0.4) is 0 Å². The molecule has 2 amide bonds. The number of likely N-dealkylation sites (N-methyl/N-ethyl adjacent to an activating group) is 1. The highest BCUT2D eigenvalue weighted by molar-refractivity contribution is 6.32. The second kappa shape index (κ2) is 12.4. The summed E-state index contributed by atoms with van der Waals surface area (Å²) in [4.78, 5) is 33.5. The molecule has 0 aliphatic carbocycles. The van der Waals surface area contributed by atoms with Crippen LogP contribution in [0.2, 0.25) is 5.02 Å². The van der Waals surface area contributed by atoms with E-state index in [0.29, 0.717) is 24.5 Å². The molecule has 0 radical (unpaired) electrons. The molecule has 0 unspecified atom stereocenters. The predicted octanol–water partition coefficient (Wildman–Crippen LogP) is 4.40. The third-order valence-electron chi connectivity index (χ3n) is 5.09. The number of benzene rings is 2. The molecule has 1 aromatic heterocycles. The van der Waals surface area contributed by atoms with Crippen molar-refractivity contribution in [1.29, 1.82) is 5.26 Å². The van der Waals surface area contributed by atoms with Crippen LogP contribution in [0.1, 0.15) is 22.3 Å². The van der Waals surface area contributed by atoms with E-state index in [0.717, 1.165) is 17.0 Å². The van der Waals surface area contributed by atoms with Crippen molar-refractivity contribution in [2.75, 3.05) is 35.7 Å². The molecule has 0 saturated heterocycles. The Morgan fingerprint density at radius 2 is 1.97 bits per heavy atom.